The Bertz CT molecular complexity index is 779. The van der Waals surface area contributed by atoms with Crippen LogP contribution in [0.15, 0.2) is 59.5 Å². The minimum atomic E-state index is -0.0122. The third kappa shape index (κ3) is 3.77. The zero-order valence-electron chi connectivity index (χ0n) is 13.7. The largest absolute Gasteiger partial charge is 0.288 e. The molecule has 1 aliphatic heterocycles. The van der Waals surface area contributed by atoms with Crippen molar-refractivity contribution in [2.24, 2.45) is 0 Å². The van der Waals surface area contributed by atoms with Crippen molar-refractivity contribution in [1.82, 2.24) is 4.90 Å². The van der Waals surface area contributed by atoms with E-state index in [1.807, 2.05) is 36.4 Å². The van der Waals surface area contributed by atoms with Gasteiger partial charge in [0.25, 0.3) is 5.91 Å². The first-order valence-corrected chi connectivity index (χ1v) is 9.16. The molecule has 1 amide bonds. The Hall–Kier alpha value is -1.91. The number of thioether (sulfide) groups is 1. The van der Waals surface area contributed by atoms with Crippen LogP contribution in [0, 0.1) is 0 Å². The van der Waals surface area contributed by atoms with Crippen molar-refractivity contribution in [3.63, 3.8) is 0 Å². The zero-order valence-corrected chi connectivity index (χ0v) is 15.4. The van der Waals surface area contributed by atoms with Crippen LogP contribution in [0.25, 0.3) is 6.08 Å². The summed E-state index contributed by atoms with van der Waals surface area (Å²) in [6, 6.07) is 18.3. The van der Waals surface area contributed by atoms with Crippen molar-refractivity contribution in [3.8, 4) is 0 Å². The third-order valence-electron chi connectivity index (χ3n) is 3.96. The Morgan fingerprint density at radius 3 is 2.38 bits per heavy atom. The Morgan fingerprint density at radius 1 is 1.08 bits per heavy atom. The topological polar surface area (TPSA) is 20.3 Å². The molecule has 0 bridgehead atoms. The summed E-state index contributed by atoms with van der Waals surface area (Å²) in [7, 11) is 0. The van der Waals surface area contributed by atoms with E-state index >= 15 is 0 Å². The third-order valence-corrected chi connectivity index (χ3v) is 5.34. The minimum Gasteiger partial charge on any atom is -0.288 e. The Labute approximate surface area is 152 Å². The normalized spacial score (nSPS) is 16.5. The summed E-state index contributed by atoms with van der Waals surface area (Å²) in [4.78, 5) is 15.0. The molecule has 4 heteroatoms. The zero-order chi connectivity index (χ0) is 17.1. The van der Waals surface area contributed by atoms with E-state index in [4.69, 9.17) is 12.2 Å². The van der Waals surface area contributed by atoms with Gasteiger partial charge in [0.1, 0.15) is 4.32 Å². The number of thiocarbonyl (C=S) groups is 1. The smallest absolute Gasteiger partial charge is 0.266 e. The van der Waals surface area contributed by atoms with Crippen molar-refractivity contribution < 1.29 is 4.79 Å². The van der Waals surface area contributed by atoms with Gasteiger partial charge >= 0.3 is 0 Å². The van der Waals surface area contributed by atoms with Gasteiger partial charge in [0.2, 0.25) is 0 Å². The first-order chi connectivity index (χ1) is 11.5. The number of amides is 1. The van der Waals surface area contributed by atoms with Crippen molar-refractivity contribution in [2.75, 3.05) is 0 Å². The maximum atomic E-state index is 12.6. The van der Waals surface area contributed by atoms with Crippen LogP contribution in [0.4, 0.5) is 0 Å². The van der Waals surface area contributed by atoms with Crippen LogP contribution in [0.3, 0.4) is 0 Å². The molecule has 0 N–H and O–H groups in total. The number of hydrogen-bond acceptors (Lipinski definition) is 3. The minimum absolute atomic E-state index is 0.0122. The van der Waals surface area contributed by atoms with Crippen molar-refractivity contribution in [2.45, 2.75) is 26.3 Å². The molecule has 1 fully saturated rings. The van der Waals surface area contributed by atoms with Crippen LogP contribution in [0.5, 0.6) is 0 Å². The SMILES string of the molecule is CC(C)c1ccc(C=C2SC(=S)N(Cc3ccccc3)C2=O)cc1. The summed E-state index contributed by atoms with van der Waals surface area (Å²) in [5, 5.41) is 0. The lowest BCUT2D eigenvalue weighted by Crippen LogP contribution is -2.27. The van der Waals surface area contributed by atoms with Crippen LogP contribution in [0.1, 0.15) is 36.5 Å². The number of benzene rings is 2. The number of hydrogen-bond donors (Lipinski definition) is 0. The molecule has 2 aromatic carbocycles. The fourth-order valence-electron chi connectivity index (χ4n) is 2.53. The van der Waals surface area contributed by atoms with Crippen LogP contribution in [-0.2, 0) is 11.3 Å². The van der Waals surface area contributed by atoms with Gasteiger partial charge in [0.05, 0.1) is 11.4 Å². The van der Waals surface area contributed by atoms with Crippen molar-refractivity contribution >= 4 is 40.3 Å². The molecule has 0 radical (unpaired) electrons. The molecule has 1 aliphatic rings. The van der Waals surface area contributed by atoms with E-state index in [-0.39, 0.29) is 5.91 Å². The summed E-state index contributed by atoms with van der Waals surface area (Å²) < 4.78 is 0.619. The lowest BCUT2D eigenvalue weighted by atomic mass is 10.0. The Kier molecular flexibility index (Phi) is 5.17. The van der Waals surface area contributed by atoms with Gasteiger partial charge < -0.3 is 0 Å². The van der Waals surface area contributed by atoms with Gasteiger partial charge in [-0.1, -0.05) is 92.4 Å². The molecule has 1 saturated heterocycles. The molecule has 0 aliphatic carbocycles. The molecular formula is C20H19NOS2. The van der Waals surface area contributed by atoms with Gasteiger partial charge in [-0.3, -0.25) is 9.69 Å². The van der Waals surface area contributed by atoms with Crippen LogP contribution < -0.4 is 0 Å². The fourth-order valence-corrected chi connectivity index (χ4v) is 3.79. The Morgan fingerprint density at radius 2 is 1.75 bits per heavy atom. The molecule has 0 spiro atoms. The van der Waals surface area contributed by atoms with Gasteiger partial charge in [-0.05, 0) is 28.7 Å². The van der Waals surface area contributed by atoms with E-state index in [2.05, 4.69) is 38.1 Å². The highest BCUT2D eigenvalue weighted by Crippen LogP contribution is 2.33. The molecule has 0 unspecified atom stereocenters. The highest BCUT2D eigenvalue weighted by molar-refractivity contribution is 8.26. The van der Waals surface area contributed by atoms with E-state index in [9.17, 15) is 4.79 Å². The second kappa shape index (κ2) is 7.32. The maximum absolute atomic E-state index is 12.6. The molecule has 1 heterocycles. The average molecular weight is 354 g/mol. The second-order valence-electron chi connectivity index (χ2n) is 6.07. The number of rotatable bonds is 4. The predicted octanol–water partition coefficient (Wildman–Crippen LogP) is 5.21. The van der Waals surface area contributed by atoms with Crippen LogP contribution >= 0.6 is 24.0 Å². The van der Waals surface area contributed by atoms with Crippen molar-refractivity contribution in [3.05, 3.63) is 76.2 Å². The lowest BCUT2D eigenvalue weighted by molar-refractivity contribution is -0.122. The molecule has 2 nitrogen and oxygen atoms in total. The second-order valence-corrected chi connectivity index (χ2v) is 7.75. The Balaban J connectivity index is 1.78. The average Bonchev–Trinajstić information content (AvgIpc) is 2.84. The molecule has 2 aromatic rings. The van der Waals surface area contributed by atoms with Crippen molar-refractivity contribution in [1.29, 1.82) is 0 Å². The predicted molar refractivity (Wildman–Crippen MR) is 106 cm³/mol. The monoisotopic (exact) mass is 353 g/mol. The molecule has 24 heavy (non-hydrogen) atoms. The number of carbonyl (C=O) groups is 1. The van der Waals surface area contributed by atoms with E-state index in [0.29, 0.717) is 21.7 Å². The first kappa shape index (κ1) is 16.9. The number of nitrogens with zero attached hydrogens (tertiary/aromatic N) is 1. The summed E-state index contributed by atoms with van der Waals surface area (Å²) in [6.45, 7) is 4.86. The van der Waals surface area contributed by atoms with Gasteiger partial charge in [0.15, 0.2) is 0 Å². The van der Waals surface area contributed by atoms with E-state index < -0.39 is 0 Å². The van der Waals surface area contributed by atoms with Gasteiger partial charge in [0, 0.05) is 0 Å². The molecular weight excluding hydrogens is 334 g/mol. The van der Waals surface area contributed by atoms with E-state index in [1.165, 1.54) is 17.3 Å². The first-order valence-electron chi connectivity index (χ1n) is 7.94. The highest BCUT2D eigenvalue weighted by atomic mass is 32.2. The lowest BCUT2D eigenvalue weighted by Gasteiger charge is -2.14. The van der Waals surface area contributed by atoms with Crippen LogP contribution in [0.2, 0.25) is 0 Å². The molecule has 0 saturated carbocycles. The molecule has 0 atom stereocenters. The number of carbonyl (C=O) groups excluding carboxylic acids is 1. The highest BCUT2D eigenvalue weighted by Gasteiger charge is 2.31. The summed E-state index contributed by atoms with van der Waals surface area (Å²) in [5.41, 5.74) is 3.40. The fraction of sp³-hybridized carbons (Fsp3) is 0.200. The molecule has 3 rings (SSSR count). The van der Waals surface area contributed by atoms with Gasteiger partial charge in [-0.2, -0.15) is 0 Å². The van der Waals surface area contributed by atoms with Crippen LogP contribution in [-0.4, -0.2) is 15.1 Å². The summed E-state index contributed by atoms with van der Waals surface area (Å²) in [6.07, 6.45) is 1.92. The maximum Gasteiger partial charge on any atom is 0.266 e. The standard InChI is InChI=1S/C20H19NOS2/c1-14(2)17-10-8-15(9-11-17)12-18-19(22)21(20(23)24-18)13-16-6-4-3-5-7-16/h3-12,14H,13H2,1-2H3. The van der Waals surface area contributed by atoms with E-state index in [0.717, 1.165) is 11.1 Å². The molecule has 122 valence electrons. The van der Waals surface area contributed by atoms with Gasteiger partial charge in [-0.15, -0.1) is 0 Å². The van der Waals surface area contributed by atoms with Gasteiger partial charge in [-0.25, -0.2) is 0 Å². The van der Waals surface area contributed by atoms with E-state index in [1.54, 1.807) is 4.90 Å². The molecule has 0 aromatic heterocycles. The summed E-state index contributed by atoms with van der Waals surface area (Å²) >= 11 is 6.77. The summed E-state index contributed by atoms with van der Waals surface area (Å²) in [5.74, 6) is 0.491. The quantitative estimate of drug-likeness (QED) is 0.556.